The van der Waals surface area contributed by atoms with Crippen LogP contribution in [0.15, 0.2) is 24.3 Å². The van der Waals surface area contributed by atoms with E-state index in [2.05, 4.69) is 5.32 Å². The van der Waals surface area contributed by atoms with E-state index in [1.54, 1.807) is 24.3 Å². The van der Waals surface area contributed by atoms with Gasteiger partial charge >= 0.3 is 6.03 Å². The van der Waals surface area contributed by atoms with Gasteiger partial charge in [-0.05, 0) is 37.1 Å². The van der Waals surface area contributed by atoms with Gasteiger partial charge in [-0.25, -0.2) is 4.79 Å². The Morgan fingerprint density at radius 2 is 1.95 bits per heavy atom. The molecule has 0 saturated carbocycles. The number of benzene rings is 1. The van der Waals surface area contributed by atoms with Gasteiger partial charge in [-0.15, -0.1) is 0 Å². The molecule has 1 unspecified atom stereocenters. The van der Waals surface area contributed by atoms with Gasteiger partial charge in [0.25, 0.3) is 5.91 Å². The van der Waals surface area contributed by atoms with Crippen LogP contribution in [0.25, 0.3) is 0 Å². The van der Waals surface area contributed by atoms with Crippen LogP contribution in [-0.2, 0) is 10.3 Å². The molecular formula is C14H18ClN3O2. The molecular weight excluding hydrogens is 278 g/mol. The summed E-state index contributed by atoms with van der Waals surface area (Å²) < 4.78 is 0. The largest absolute Gasteiger partial charge is 0.330 e. The van der Waals surface area contributed by atoms with Crippen LogP contribution in [0.3, 0.4) is 0 Å². The van der Waals surface area contributed by atoms with Crippen molar-refractivity contribution in [2.45, 2.75) is 25.3 Å². The highest BCUT2D eigenvalue weighted by atomic mass is 35.5. The van der Waals surface area contributed by atoms with Gasteiger partial charge < -0.3 is 11.1 Å². The predicted octanol–water partition coefficient (Wildman–Crippen LogP) is 1.85. The Kier molecular flexibility index (Phi) is 4.30. The summed E-state index contributed by atoms with van der Waals surface area (Å²) in [6, 6.07) is 6.62. The van der Waals surface area contributed by atoms with Crippen LogP contribution in [0.5, 0.6) is 0 Å². The summed E-state index contributed by atoms with van der Waals surface area (Å²) in [5, 5.41) is 3.41. The molecule has 1 aromatic carbocycles. The second-order valence-corrected chi connectivity index (χ2v) is 5.23. The van der Waals surface area contributed by atoms with Gasteiger partial charge in [-0.2, -0.15) is 0 Å². The first-order chi connectivity index (χ1) is 9.55. The van der Waals surface area contributed by atoms with E-state index in [9.17, 15) is 9.59 Å². The SMILES string of the molecule is CCC1(c2ccc(Cl)cc2)NC(=O)N(CCCN)C1=O. The predicted molar refractivity (Wildman–Crippen MR) is 77.3 cm³/mol. The number of rotatable bonds is 5. The van der Waals surface area contributed by atoms with Crippen molar-refractivity contribution in [3.8, 4) is 0 Å². The van der Waals surface area contributed by atoms with Crippen LogP contribution in [0.1, 0.15) is 25.3 Å². The molecule has 0 spiro atoms. The van der Waals surface area contributed by atoms with Crippen molar-refractivity contribution in [1.29, 1.82) is 0 Å². The second-order valence-electron chi connectivity index (χ2n) is 4.79. The highest BCUT2D eigenvalue weighted by molar-refractivity contribution is 6.30. The fourth-order valence-electron chi connectivity index (χ4n) is 2.45. The Balaban J connectivity index is 2.34. The molecule has 20 heavy (non-hydrogen) atoms. The van der Waals surface area contributed by atoms with E-state index in [1.165, 1.54) is 4.90 Å². The van der Waals surface area contributed by atoms with E-state index in [1.807, 2.05) is 6.92 Å². The van der Waals surface area contributed by atoms with E-state index in [0.29, 0.717) is 31.0 Å². The Morgan fingerprint density at radius 1 is 1.30 bits per heavy atom. The van der Waals surface area contributed by atoms with Crippen LogP contribution >= 0.6 is 11.6 Å². The third-order valence-electron chi connectivity index (χ3n) is 3.63. The third-order valence-corrected chi connectivity index (χ3v) is 3.88. The Labute approximate surface area is 123 Å². The minimum absolute atomic E-state index is 0.222. The van der Waals surface area contributed by atoms with E-state index in [0.717, 1.165) is 5.56 Å². The minimum Gasteiger partial charge on any atom is -0.330 e. The number of amides is 3. The molecule has 1 saturated heterocycles. The summed E-state index contributed by atoms with van der Waals surface area (Å²) in [6.07, 6.45) is 1.08. The first kappa shape index (κ1) is 14.8. The summed E-state index contributed by atoms with van der Waals surface area (Å²) in [5.41, 5.74) is 5.20. The van der Waals surface area contributed by atoms with Crippen LogP contribution in [-0.4, -0.2) is 29.9 Å². The fourth-order valence-corrected chi connectivity index (χ4v) is 2.58. The highest BCUT2D eigenvalue weighted by Gasteiger charge is 2.50. The van der Waals surface area contributed by atoms with E-state index in [-0.39, 0.29) is 11.9 Å². The Bertz CT molecular complexity index is 518. The van der Waals surface area contributed by atoms with Gasteiger partial charge in [-0.3, -0.25) is 9.69 Å². The molecule has 3 amide bonds. The second kappa shape index (κ2) is 5.81. The number of carbonyl (C=O) groups excluding carboxylic acids is 2. The lowest BCUT2D eigenvalue weighted by atomic mass is 9.87. The number of hydrogen-bond acceptors (Lipinski definition) is 3. The van der Waals surface area contributed by atoms with E-state index in [4.69, 9.17) is 17.3 Å². The van der Waals surface area contributed by atoms with Crippen LogP contribution < -0.4 is 11.1 Å². The molecule has 0 aliphatic carbocycles. The van der Waals surface area contributed by atoms with Crippen molar-refractivity contribution >= 4 is 23.5 Å². The average molecular weight is 296 g/mol. The molecule has 1 aliphatic heterocycles. The minimum atomic E-state index is -0.990. The number of nitrogens with two attached hydrogens (primary N) is 1. The molecule has 1 fully saturated rings. The first-order valence-corrected chi connectivity index (χ1v) is 7.03. The van der Waals surface area contributed by atoms with E-state index < -0.39 is 5.54 Å². The van der Waals surface area contributed by atoms with Crippen LogP contribution in [0, 0.1) is 0 Å². The zero-order valence-corrected chi connectivity index (χ0v) is 12.1. The molecule has 0 aromatic heterocycles. The number of nitrogens with one attached hydrogen (secondary N) is 1. The van der Waals surface area contributed by atoms with Gasteiger partial charge in [0.2, 0.25) is 0 Å². The molecule has 1 heterocycles. The monoisotopic (exact) mass is 295 g/mol. The maximum absolute atomic E-state index is 12.6. The lowest BCUT2D eigenvalue weighted by molar-refractivity contribution is -0.131. The number of hydrogen-bond donors (Lipinski definition) is 2. The molecule has 1 aliphatic rings. The van der Waals surface area contributed by atoms with Gasteiger partial charge in [0, 0.05) is 11.6 Å². The third kappa shape index (κ3) is 2.39. The molecule has 0 bridgehead atoms. The summed E-state index contributed by atoms with van der Waals surface area (Å²) in [5.74, 6) is -0.222. The van der Waals surface area contributed by atoms with Crippen LogP contribution in [0.2, 0.25) is 5.02 Å². The maximum atomic E-state index is 12.6. The topological polar surface area (TPSA) is 75.4 Å². The number of carbonyl (C=O) groups is 2. The fraction of sp³-hybridized carbons (Fsp3) is 0.429. The number of halogens is 1. The maximum Gasteiger partial charge on any atom is 0.325 e. The average Bonchev–Trinajstić information content (AvgIpc) is 2.69. The zero-order valence-electron chi connectivity index (χ0n) is 11.4. The van der Waals surface area contributed by atoms with Gasteiger partial charge in [0.05, 0.1) is 0 Å². The van der Waals surface area contributed by atoms with Gasteiger partial charge in [0.1, 0.15) is 5.54 Å². The van der Waals surface area contributed by atoms with Crippen molar-refractivity contribution in [3.63, 3.8) is 0 Å². The smallest absolute Gasteiger partial charge is 0.325 e. The lowest BCUT2D eigenvalue weighted by Gasteiger charge is -2.25. The lowest BCUT2D eigenvalue weighted by Crippen LogP contribution is -2.43. The van der Waals surface area contributed by atoms with Crippen molar-refractivity contribution in [2.75, 3.05) is 13.1 Å². The van der Waals surface area contributed by atoms with Crippen molar-refractivity contribution in [3.05, 3.63) is 34.9 Å². The normalized spacial score (nSPS) is 22.2. The summed E-state index contributed by atoms with van der Waals surface area (Å²) in [4.78, 5) is 25.9. The highest BCUT2D eigenvalue weighted by Crippen LogP contribution is 2.33. The van der Waals surface area contributed by atoms with Crippen molar-refractivity contribution < 1.29 is 9.59 Å². The number of nitrogens with zero attached hydrogens (tertiary/aromatic N) is 1. The molecule has 0 radical (unpaired) electrons. The molecule has 5 nitrogen and oxygen atoms in total. The Hall–Kier alpha value is -1.59. The standard InChI is InChI=1S/C14H18ClN3O2/c1-2-14(10-4-6-11(15)7-5-10)12(19)18(9-3-8-16)13(20)17-14/h4-7H,2-3,8-9,16H2,1H3,(H,17,20). The molecule has 108 valence electrons. The summed E-state index contributed by atoms with van der Waals surface area (Å²) >= 11 is 5.87. The van der Waals surface area contributed by atoms with E-state index >= 15 is 0 Å². The van der Waals surface area contributed by atoms with Gasteiger partial charge in [0.15, 0.2) is 0 Å². The van der Waals surface area contributed by atoms with Crippen molar-refractivity contribution in [2.24, 2.45) is 5.73 Å². The zero-order chi connectivity index (χ0) is 14.8. The molecule has 1 aromatic rings. The summed E-state index contributed by atoms with van der Waals surface area (Å²) in [7, 11) is 0. The van der Waals surface area contributed by atoms with Crippen molar-refractivity contribution in [1.82, 2.24) is 10.2 Å². The quantitative estimate of drug-likeness (QED) is 0.814. The number of urea groups is 1. The molecule has 1 atom stereocenters. The van der Waals surface area contributed by atoms with Crippen LogP contribution in [0.4, 0.5) is 4.79 Å². The molecule has 2 rings (SSSR count). The van der Waals surface area contributed by atoms with Gasteiger partial charge in [-0.1, -0.05) is 30.7 Å². The first-order valence-electron chi connectivity index (χ1n) is 6.65. The molecule has 3 N–H and O–H groups in total. The number of imide groups is 1. The summed E-state index contributed by atoms with van der Waals surface area (Å²) in [6.45, 7) is 2.66. The molecule has 6 heteroatoms. The Morgan fingerprint density at radius 3 is 2.50 bits per heavy atom.